The number of ether oxygens (including phenoxy) is 1. The Morgan fingerprint density at radius 1 is 1.36 bits per heavy atom. The molecule has 0 bridgehead atoms. The Morgan fingerprint density at radius 2 is 2.05 bits per heavy atom. The van der Waals surface area contributed by atoms with Crippen LogP contribution in [0.3, 0.4) is 0 Å². The monoisotopic (exact) mass is 305 g/mol. The number of benzene rings is 1. The summed E-state index contributed by atoms with van der Waals surface area (Å²) in [6.07, 6.45) is 1.56. The SMILES string of the molecule is CCc1ccc(C(C)CC(=O)NC2(C(=O)O)CCOC2)cc1. The first kappa shape index (κ1) is 16.5. The van der Waals surface area contributed by atoms with E-state index in [-0.39, 0.29) is 24.9 Å². The molecule has 0 spiro atoms. The number of amides is 1. The second kappa shape index (κ2) is 6.92. The van der Waals surface area contributed by atoms with Gasteiger partial charge in [-0.15, -0.1) is 0 Å². The zero-order valence-electron chi connectivity index (χ0n) is 13.1. The summed E-state index contributed by atoms with van der Waals surface area (Å²) in [5, 5.41) is 12.0. The zero-order chi connectivity index (χ0) is 16.2. The fourth-order valence-corrected chi connectivity index (χ4v) is 2.68. The number of aliphatic carboxylic acids is 1. The zero-order valence-corrected chi connectivity index (χ0v) is 13.1. The third-order valence-electron chi connectivity index (χ3n) is 4.26. The molecule has 1 aliphatic heterocycles. The topological polar surface area (TPSA) is 75.6 Å². The van der Waals surface area contributed by atoms with Crippen LogP contribution in [0.1, 0.15) is 43.7 Å². The Hall–Kier alpha value is -1.88. The fourth-order valence-electron chi connectivity index (χ4n) is 2.68. The average molecular weight is 305 g/mol. The normalized spacial score (nSPS) is 22.3. The molecule has 1 aromatic carbocycles. The molecule has 0 aliphatic carbocycles. The number of hydrogen-bond donors (Lipinski definition) is 2. The summed E-state index contributed by atoms with van der Waals surface area (Å²) in [5.41, 5.74) is 1.08. The van der Waals surface area contributed by atoms with Gasteiger partial charge in [-0.05, 0) is 23.5 Å². The minimum Gasteiger partial charge on any atom is -0.479 e. The Labute approximate surface area is 130 Å². The van der Waals surface area contributed by atoms with Crippen LogP contribution in [0.15, 0.2) is 24.3 Å². The lowest BCUT2D eigenvalue weighted by molar-refractivity contribution is -0.147. The Morgan fingerprint density at radius 3 is 2.55 bits per heavy atom. The Bertz CT molecular complexity index is 532. The minimum atomic E-state index is -1.26. The van der Waals surface area contributed by atoms with Gasteiger partial charge in [-0.2, -0.15) is 0 Å². The Balaban J connectivity index is 1.97. The van der Waals surface area contributed by atoms with Crippen molar-refractivity contribution >= 4 is 11.9 Å². The van der Waals surface area contributed by atoms with Gasteiger partial charge in [0, 0.05) is 19.4 Å². The maximum atomic E-state index is 12.2. The molecule has 1 aromatic rings. The second-order valence-corrected chi connectivity index (χ2v) is 5.94. The molecule has 2 unspecified atom stereocenters. The molecule has 120 valence electrons. The number of carboxylic acids is 1. The van der Waals surface area contributed by atoms with Crippen LogP contribution in [0.4, 0.5) is 0 Å². The molecule has 1 heterocycles. The van der Waals surface area contributed by atoms with Gasteiger partial charge in [-0.3, -0.25) is 4.79 Å². The molecule has 5 heteroatoms. The highest BCUT2D eigenvalue weighted by molar-refractivity contribution is 5.87. The molecule has 2 rings (SSSR count). The summed E-state index contributed by atoms with van der Waals surface area (Å²) in [4.78, 5) is 23.6. The van der Waals surface area contributed by atoms with Gasteiger partial charge in [0.1, 0.15) is 0 Å². The molecule has 0 saturated carbocycles. The number of nitrogens with one attached hydrogen (secondary N) is 1. The van der Waals surface area contributed by atoms with E-state index in [0.29, 0.717) is 13.0 Å². The lowest BCUT2D eigenvalue weighted by Crippen LogP contribution is -2.55. The summed E-state index contributed by atoms with van der Waals surface area (Å²) in [5.74, 6) is -1.24. The van der Waals surface area contributed by atoms with Gasteiger partial charge in [-0.1, -0.05) is 38.1 Å². The van der Waals surface area contributed by atoms with Crippen molar-refractivity contribution in [3.05, 3.63) is 35.4 Å². The number of aryl methyl sites for hydroxylation is 1. The van der Waals surface area contributed by atoms with Crippen LogP contribution in [0.5, 0.6) is 0 Å². The molecule has 2 N–H and O–H groups in total. The quantitative estimate of drug-likeness (QED) is 0.844. The van der Waals surface area contributed by atoms with E-state index in [2.05, 4.69) is 24.4 Å². The molecule has 0 radical (unpaired) electrons. The van der Waals surface area contributed by atoms with E-state index < -0.39 is 11.5 Å². The maximum Gasteiger partial charge on any atom is 0.331 e. The van der Waals surface area contributed by atoms with Crippen LogP contribution in [-0.4, -0.2) is 35.7 Å². The third kappa shape index (κ3) is 3.65. The molecule has 1 fully saturated rings. The van der Waals surface area contributed by atoms with Gasteiger partial charge in [0.05, 0.1) is 6.61 Å². The summed E-state index contributed by atoms with van der Waals surface area (Å²) in [6, 6.07) is 8.19. The lowest BCUT2D eigenvalue weighted by Gasteiger charge is -2.24. The molecular formula is C17H23NO4. The standard InChI is InChI=1S/C17H23NO4/c1-3-13-4-6-14(7-5-13)12(2)10-15(19)18-17(16(20)21)8-9-22-11-17/h4-7,12H,3,8-11H2,1-2H3,(H,18,19)(H,20,21). The third-order valence-corrected chi connectivity index (χ3v) is 4.26. The van der Waals surface area contributed by atoms with E-state index in [9.17, 15) is 14.7 Å². The predicted molar refractivity (Wildman–Crippen MR) is 82.8 cm³/mol. The van der Waals surface area contributed by atoms with Crippen LogP contribution in [0.25, 0.3) is 0 Å². The molecule has 1 amide bonds. The number of carbonyl (C=O) groups is 2. The van der Waals surface area contributed by atoms with Crippen LogP contribution in [0.2, 0.25) is 0 Å². The van der Waals surface area contributed by atoms with E-state index in [4.69, 9.17) is 4.74 Å². The van der Waals surface area contributed by atoms with Crippen molar-refractivity contribution in [1.82, 2.24) is 5.32 Å². The van der Waals surface area contributed by atoms with E-state index in [1.165, 1.54) is 5.56 Å². The van der Waals surface area contributed by atoms with Crippen molar-refractivity contribution < 1.29 is 19.4 Å². The highest BCUT2D eigenvalue weighted by Gasteiger charge is 2.43. The van der Waals surface area contributed by atoms with E-state index >= 15 is 0 Å². The van der Waals surface area contributed by atoms with Crippen molar-refractivity contribution in [3.8, 4) is 0 Å². The molecule has 1 aliphatic rings. The molecule has 0 aromatic heterocycles. The average Bonchev–Trinajstić information content (AvgIpc) is 2.97. The van der Waals surface area contributed by atoms with Gasteiger partial charge in [0.25, 0.3) is 0 Å². The fraction of sp³-hybridized carbons (Fsp3) is 0.529. The lowest BCUT2D eigenvalue weighted by atomic mass is 9.94. The first-order valence-corrected chi connectivity index (χ1v) is 7.68. The summed E-state index contributed by atoms with van der Waals surface area (Å²) < 4.78 is 5.14. The van der Waals surface area contributed by atoms with Crippen molar-refractivity contribution in [1.29, 1.82) is 0 Å². The Kier molecular flexibility index (Phi) is 5.19. The van der Waals surface area contributed by atoms with Crippen molar-refractivity contribution in [2.45, 2.75) is 44.6 Å². The smallest absolute Gasteiger partial charge is 0.331 e. The van der Waals surface area contributed by atoms with Crippen molar-refractivity contribution in [2.75, 3.05) is 13.2 Å². The van der Waals surface area contributed by atoms with Gasteiger partial charge in [0.15, 0.2) is 5.54 Å². The molecule has 22 heavy (non-hydrogen) atoms. The van der Waals surface area contributed by atoms with Gasteiger partial charge in [-0.25, -0.2) is 4.79 Å². The number of carboxylic acid groups (broad SMARTS) is 1. The van der Waals surface area contributed by atoms with Crippen LogP contribution >= 0.6 is 0 Å². The molecule has 2 atom stereocenters. The maximum absolute atomic E-state index is 12.2. The summed E-state index contributed by atoms with van der Waals surface area (Å²) in [6.45, 7) is 4.47. The van der Waals surface area contributed by atoms with Crippen LogP contribution < -0.4 is 5.32 Å². The predicted octanol–water partition coefficient (Wildman–Crippen LogP) is 2.10. The first-order chi connectivity index (χ1) is 10.5. The van der Waals surface area contributed by atoms with Crippen LogP contribution in [0, 0.1) is 0 Å². The van der Waals surface area contributed by atoms with E-state index in [1.54, 1.807) is 0 Å². The molecule has 1 saturated heterocycles. The highest BCUT2D eigenvalue weighted by Crippen LogP contribution is 2.23. The molecular weight excluding hydrogens is 282 g/mol. The minimum absolute atomic E-state index is 0.0354. The largest absolute Gasteiger partial charge is 0.479 e. The van der Waals surface area contributed by atoms with E-state index in [1.807, 2.05) is 19.1 Å². The number of hydrogen-bond acceptors (Lipinski definition) is 3. The van der Waals surface area contributed by atoms with Gasteiger partial charge >= 0.3 is 5.97 Å². The van der Waals surface area contributed by atoms with Crippen LogP contribution in [-0.2, 0) is 20.7 Å². The van der Waals surface area contributed by atoms with E-state index in [0.717, 1.165) is 12.0 Å². The first-order valence-electron chi connectivity index (χ1n) is 7.68. The van der Waals surface area contributed by atoms with Gasteiger partial charge in [0.2, 0.25) is 5.91 Å². The summed E-state index contributed by atoms with van der Waals surface area (Å²) >= 11 is 0. The molecule has 5 nitrogen and oxygen atoms in total. The van der Waals surface area contributed by atoms with Crippen molar-refractivity contribution in [2.24, 2.45) is 0 Å². The second-order valence-electron chi connectivity index (χ2n) is 5.94. The number of carbonyl (C=O) groups excluding carboxylic acids is 1. The number of rotatable bonds is 6. The van der Waals surface area contributed by atoms with Gasteiger partial charge < -0.3 is 15.2 Å². The highest BCUT2D eigenvalue weighted by atomic mass is 16.5. The summed E-state index contributed by atoms with van der Waals surface area (Å²) in [7, 11) is 0. The van der Waals surface area contributed by atoms with Crippen molar-refractivity contribution in [3.63, 3.8) is 0 Å².